The number of hydrogen-bond acceptors (Lipinski definition) is 3. The van der Waals surface area contributed by atoms with Gasteiger partial charge in [-0.15, -0.1) is 0 Å². The average molecular weight is 310 g/mol. The molecule has 0 aromatic heterocycles. The summed E-state index contributed by atoms with van der Waals surface area (Å²) in [6, 6.07) is 9.33. The Morgan fingerprint density at radius 2 is 2.05 bits per heavy atom. The number of piperidine rings is 1. The zero-order chi connectivity index (χ0) is 15.6. The number of likely N-dealkylation sites (tertiary alicyclic amines) is 1. The predicted molar refractivity (Wildman–Crippen MR) is 77.7 cm³/mol. The standard InChI is InChI=1S/C16H20F2N2O2/c17-16(18)6-8-19-11-15(16)7-9-20(12-15)14(21)22-10-13-4-2-1-3-5-13/h1-5,19H,6-12H2. The van der Waals surface area contributed by atoms with Crippen LogP contribution < -0.4 is 5.32 Å². The SMILES string of the molecule is O=C(OCc1ccccc1)N1CCC2(CNCCC2(F)F)C1. The zero-order valence-electron chi connectivity index (χ0n) is 12.4. The molecule has 1 unspecified atom stereocenters. The molecule has 3 rings (SSSR count). The zero-order valence-corrected chi connectivity index (χ0v) is 12.4. The number of halogens is 2. The molecule has 1 aromatic carbocycles. The maximum atomic E-state index is 14.2. The third-order valence-corrected chi connectivity index (χ3v) is 4.67. The van der Waals surface area contributed by atoms with Crippen LogP contribution in [-0.4, -0.2) is 43.1 Å². The largest absolute Gasteiger partial charge is 0.445 e. The molecule has 1 N–H and O–H groups in total. The minimum Gasteiger partial charge on any atom is -0.445 e. The van der Waals surface area contributed by atoms with Crippen molar-refractivity contribution in [2.45, 2.75) is 25.4 Å². The number of carbonyl (C=O) groups is 1. The van der Waals surface area contributed by atoms with Crippen molar-refractivity contribution in [1.82, 2.24) is 10.2 Å². The van der Waals surface area contributed by atoms with Crippen molar-refractivity contribution >= 4 is 6.09 Å². The van der Waals surface area contributed by atoms with Crippen molar-refractivity contribution in [1.29, 1.82) is 0 Å². The summed E-state index contributed by atoms with van der Waals surface area (Å²) in [6.07, 6.45) is -0.366. The molecule has 4 nitrogen and oxygen atoms in total. The van der Waals surface area contributed by atoms with Crippen LogP contribution in [0.3, 0.4) is 0 Å². The van der Waals surface area contributed by atoms with Gasteiger partial charge in [-0.1, -0.05) is 30.3 Å². The molecule has 22 heavy (non-hydrogen) atoms. The molecule has 1 aromatic rings. The summed E-state index contributed by atoms with van der Waals surface area (Å²) >= 11 is 0. The average Bonchev–Trinajstić information content (AvgIpc) is 2.95. The van der Waals surface area contributed by atoms with Crippen LogP contribution in [0.15, 0.2) is 30.3 Å². The Balaban J connectivity index is 1.59. The summed E-state index contributed by atoms with van der Waals surface area (Å²) in [5.41, 5.74) is -0.258. The summed E-state index contributed by atoms with van der Waals surface area (Å²) < 4.78 is 33.7. The van der Waals surface area contributed by atoms with E-state index in [1.807, 2.05) is 30.3 Å². The molecule has 2 saturated heterocycles. The molecule has 120 valence electrons. The van der Waals surface area contributed by atoms with Gasteiger partial charge >= 0.3 is 6.09 Å². The highest BCUT2D eigenvalue weighted by Crippen LogP contribution is 2.47. The van der Waals surface area contributed by atoms with Gasteiger partial charge in [-0.25, -0.2) is 13.6 Å². The van der Waals surface area contributed by atoms with Crippen molar-refractivity contribution in [3.63, 3.8) is 0 Å². The van der Waals surface area contributed by atoms with E-state index in [1.165, 1.54) is 4.90 Å². The molecule has 2 aliphatic heterocycles. The van der Waals surface area contributed by atoms with Crippen LogP contribution in [0.2, 0.25) is 0 Å². The number of carbonyl (C=O) groups excluding carboxylic acids is 1. The molecule has 6 heteroatoms. The fourth-order valence-corrected chi connectivity index (χ4v) is 3.25. The van der Waals surface area contributed by atoms with E-state index in [1.54, 1.807) is 0 Å². The van der Waals surface area contributed by atoms with Gasteiger partial charge in [-0.2, -0.15) is 0 Å². The number of benzene rings is 1. The van der Waals surface area contributed by atoms with Gasteiger partial charge in [0.25, 0.3) is 5.92 Å². The van der Waals surface area contributed by atoms with E-state index in [-0.39, 0.29) is 26.1 Å². The highest BCUT2D eigenvalue weighted by Gasteiger charge is 2.58. The Bertz CT molecular complexity index is 538. The van der Waals surface area contributed by atoms with E-state index in [0.717, 1.165) is 5.56 Å². The summed E-state index contributed by atoms with van der Waals surface area (Å²) in [6.45, 7) is 1.12. The Kier molecular flexibility index (Phi) is 4.04. The number of alkyl halides is 2. The van der Waals surface area contributed by atoms with Gasteiger partial charge in [0, 0.05) is 32.6 Å². The van der Waals surface area contributed by atoms with Gasteiger partial charge in [0.2, 0.25) is 0 Å². The lowest BCUT2D eigenvalue weighted by Gasteiger charge is -2.41. The second-order valence-corrected chi connectivity index (χ2v) is 6.12. The first-order valence-corrected chi connectivity index (χ1v) is 7.57. The van der Waals surface area contributed by atoms with E-state index < -0.39 is 17.4 Å². The maximum Gasteiger partial charge on any atom is 0.410 e. The number of nitrogens with zero attached hydrogens (tertiary/aromatic N) is 1. The molecular formula is C16H20F2N2O2. The van der Waals surface area contributed by atoms with Crippen LogP contribution in [0.25, 0.3) is 0 Å². The molecule has 1 atom stereocenters. The monoisotopic (exact) mass is 310 g/mol. The third kappa shape index (κ3) is 2.79. The highest BCUT2D eigenvalue weighted by molar-refractivity contribution is 5.68. The quantitative estimate of drug-likeness (QED) is 0.913. The Hall–Kier alpha value is -1.69. The minimum atomic E-state index is -2.73. The lowest BCUT2D eigenvalue weighted by atomic mass is 9.76. The van der Waals surface area contributed by atoms with Gasteiger partial charge < -0.3 is 15.0 Å². The van der Waals surface area contributed by atoms with Crippen LogP contribution in [-0.2, 0) is 11.3 Å². The molecule has 0 bridgehead atoms. The molecule has 0 saturated carbocycles. The van der Waals surface area contributed by atoms with Crippen molar-refractivity contribution in [3.05, 3.63) is 35.9 Å². The molecule has 2 fully saturated rings. The van der Waals surface area contributed by atoms with Crippen molar-refractivity contribution in [2.24, 2.45) is 5.41 Å². The Morgan fingerprint density at radius 1 is 1.27 bits per heavy atom. The van der Waals surface area contributed by atoms with Gasteiger partial charge in [0.05, 0.1) is 5.41 Å². The number of ether oxygens (including phenoxy) is 1. The first-order valence-electron chi connectivity index (χ1n) is 7.57. The highest BCUT2D eigenvalue weighted by atomic mass is 19.3. The van der Waals surface area contributed by atoms with Crippen molar-refractivity contribution in [2.75, 3.05) is 26.2 Å². The van der Waals surface area contributed by atoms with Crippen LogP contribution in [0, 0.1) is 5.41 Å². The molecule has 0 aliphatic carbocycles. The second kappa shape index (κ2) is 5.83. The maximum absolute atomic E-state index is 14.2. The minimum absolute atomic E-state index is 0.0562. The molecule has 2 heterocycles. The second-order valence-electron chi connectivity index (χ2n) is 6.12. The van der Waals surface area contributed by atoms with Crippen LogP contribution >= 0.6 is 0 Å². The van der Waals surface area contributed by atoms with Gasteiger partial charge in [0.1, 0.15) is 6.61 Å². The van der Waals surface area contributed by atoms with E-state index in [9.17, 15) is 13.6 Å². The van der Waals surface area contributed by atoms with Gasteiger partial charge in [-0.3, -0.25) is 0 Å². The normalized spacial score (nSPS) is 27.1. The molecule has 2 aliphatic rings. The molecular weight excluding hydrogens is 290 g/mol. The Labute approximate surface area is 128 Å². The van der Waals surface area contributed by atoms with Crippen LogP contribution in [0.4, 0.5) is 13.6 Å². The summed E-state index contributed by atoms with van der Waals surface area (Å²) in [4.78, 5) is 13.5. The van der Waals surface area contributed by atoms with E-state index in [4.69, 9.17) is 4.74 Å². The smallest absolute Gasteiger partial charge is 0.410 e. The topological polar surface area (TPSA) is 41.6 Å². The number of amides is 1. The molecule has 1 amide bonds. The number of nitrogens with one attached hydrogen (secondary N) is 1. The third-order valence-electron chi connectivity index (χ3n) is 4.67. The first kappa shape index (κ1) is 15.2. The van der Waals surface area contributed by atoms with Crippen molar-refractivity contribution < 1.29 is 18.3 Å². The van der Waals surface area contributed by atoms with Crippen molar-refractivity contribution in [3.8, 4) is 0 Å². The number of rotatable bonds is 2. The van der Waals surface area contributed by atoms with Crippen LogP contribution in [0.5, 0.6) is 0 Å². The van der Waals surface area contributed by atoms with E-state index in [0.29, 0.717) is 19.5 Å². The summed E-state index contributed by atoms with van der Waals surface area (Å²) in [5.74, 6) is -2.73. The summed E-state index contributed by atoms with van der Waals surface area (Å²) in [5, 5.41) is 3.03. The fourth-order valence-electron chi connectivity index (χ4n) is 3.25. The molecule has 0 radical (unpaired) electrons. The summed E-state index contributed by atoms with van der Waals surface area (Å²) in [7, 11) is 0. The van der Waals surface area contributed by atoms with Gasteiger partial charge in [-0.05, 0) is 12.0 Å². The van der Waals surface area contributed by atoms with E-state index in [2.05, 4.69) is 5.32 Å². The fraction of sp³-hybridized carbons (Fsp3) is 0.562. The van der Waals surface area contributed by atoms with Crippen LogP contribution in [0.1, 0.15) is 18.4 Å². The lowest BCUT2D eigenvalue weighted by molar-refractivity contribution is -0.134. The lowest BCUT2D eigenvalue weighted by Crippen LogP contribution is -2.55. The number of hydrogen-bond donors (Lipinski definition) is 1. The van der Waals surface area contributed by atoms with Gasteiger partial charge in [0.15, 0.2) is 0 Å². The predicted octanol–water partition coefficient (Wildman–Crippen LogP) is 2.64. The molecule has 1 spiro atoms. The first-order chi connectivity index (χ1) is 10.5. The Morgan fingerprint density at radius 3 is 2.77 bits per heavy atom. The van der Waals surface area contributed by atoms with E-state index >= 15 is 0 Å².